The first-order chi connectivity index (χ1) is 15.0. The van der Waals surface area contributed by atoms with Crippen molar-refractivity contribution in [2.75, 3.05) is 0 Å². The van der Waals surface area contributed by atoms with Gasteiger partial charge in [-0.3, -0.25) is 0 Å². The molecule has 0 saturated heterocycles. The highest BCUT2D eigenvalue weighted by molar-refractivity contribution is 7.92. The monoisotopic (exact) mass is 477 g/mol. The molecular formula is C25H35NO4S2. The Balaban J connectivity index is 1.61. The lowest BCUT2D eigenvalue weighted by molar-refractivity contribution is 0.412. The van der Waals surface area contributed by atoms with E-state index in [0.717, 1.165) is 48.8 Å². The van der Waals surface area contributed by atoms with E-state index in [1.165, 1.54) is 6.42 Å². The first kappa shape index (κ1) is 24.9. The number of benzene rings is 2. The lowest BCUT2D eigenvalue weighted by atomic mass is 9.96. The van der Waals surface area contributed by atoms with Gasteiger partial charge in [-0.2, -0.15) is 0 Å². The highest BCUT2D eigenvalue weighted by Crippen LogP contribution is 2.22. The fourth-order valence-electron chi connectivity index (χ4n) is 3.90. The van der Waals surface area contributed by atoms with Crippen molar-refractivity contribution in [2.24, 2.45) is 0 Å². The maximum absolute atomic E-state index is 12.8. The summed E-state index contributed by atoms with van der Waals surface area (Å²) in [6.07, 6.45) is 6.62. The SMILES string of the molecule is CC(C)(C)S(=O)(=O)Cc1ccc(CCc2cccc(S(=O)(=O)NC3CCCCC3)c2)cc1. The van der Waals surface area contributed by atoms with Crippen LogP contribution in [-0.2, 0) is 38.5 Å². The van der Waals surface area contributed by atoms with Crippen molar-refractivity contribution in [2.45, 2.75) is 87.2 Å². The number of hydrogen-bond donors (Lipinski definition) is 1. The predicted octanol–water partition coefficient (Wildman–Crippen LogP) is 4.80. The molecule has 3 rings (SSSR count). The Labute approximate surface area is 193 Å². The number of nitrogens with one attached hydrogen (secondary N) is 1. The first-order valence-electron chi connectivity index (χ1n) is 11.4. The second-order valence-corrected chi connectivity index (χ2v) is 14.2. The molecule has 0 amide bonds. The molecule has 1 saturated carbocycles. The minimum Gasteiger partial charge on any atom is -0.228 e. The van der Waals surface area contributed by atoms with Crippen LogP contribution in [0.1, 0.15) is 69.6 Å². The van der Waals surface area contributed by atoms with Crippen molar-refractivity contribution in [1.29, 1.82) is 0 Å². The van der Waals surface area contributed by atoms with Crippen molar-refractivity contribution in [3.63, 3.8) is 0 Å². The molecule has 2 aromatic carbocycles. The van der Waals surface area contributed by atoms with Gasteiger partial charge in [0.05, 0.1) is 15.4 Å². The van der Waals surface area contributed by atoms with Crippen LogP contribution in [0.15, 0.2) is 53.4 Å². The summed E-state index contributed by atoms with van der Waals surface area (Å²) in [5.74, 6) is 0.0324. The fraction of sp³-hybridized carbons (Fsp3) is 0.520. The highest BCUT2D eigenvalue weighted by Gasteiger charge is 2.28. The van der Waals surface area contributed by atoms with Crippen LogP contribution >= 0.6 is 0 Å². The molecule has 0 aromatic heterocycles. The van der Waals surface area contributed by atoms with Crippen molar-refractivity contribution in [3.05, 3.63) is 65.2 Å². The van der Waals surface area contributed by atoms with Crippen LogP contribution in [0, 0.1) is 0 Å². The molecule has 0 radical (unpaired) electrons. The third-order valence-electron chi connectivity index (χ3n) is 6.15. The van der Waals surface area contributed by atoms with E-state index in [2.05, 4.69) is 4.72 Å². The molecule has 1 fully saturated rings. The second-order valence-electron chi connectivity index (χ2n) is 9.79. The number of hydrogen-bond acceptors (Lipinski definition) is 4. The quantitative estimate of drug-likeness (QED) is 0.592. The van der Waals surface area contributed by atoms with E-state index in [1.807, 2.05) is 30.3 Å². The highest BCUT2D eigenvalue weighted by atomic mass is 32.2. The van der Waals surface area contributed by atoms with Crippen molar-refractivity contribution in [3.8, 4) is 0 Å². The Morgan fingerprint density at radius 3 is 2.03 bits per heavy atom. The minimum absolute atomic E-state index is 0.0324. The van der Waals surface area contributed by atoms with Crippen LogP contribution in [-0.4, -0.2) is 27.6 Å². The number of aryl methyl sites for hydroxylation is 2. The fourth-order valence-corrected chi connectivity index (χ4v) is 6.34. The molecule has 7 heteroatoms. The van der Waals surface area contributed by atoms with Gasteiger partial charge in [0, 0.05) is 6.04 Å². The van der Waals surface area contributed by atoms with Gasteiger partial charge >= 0.3 is 0 Å². The number of rotatable bonds is 8. The van der Waals surface area contributed by atoms with Gasteiger partial charge in [-0.05, 0) is 75.3 Å². The molecule has 1 aliphatic carbocycles. The van der Waals surface area contributed by atoms with E-state index in [9.17, 15) is 16.8 Å². The smallest absolute Gasteiger partial charge is 0.228 e. The van der Waals surface area contributed by atoms with E-state index >= 15 is 0 Å². The molecule has 0 bridgehead atoms. The summed E-state index contributed by atoms with van der Waals surface area (Å²) in [7, 11) is -6.72. The molecule has 32 heavy (non-hydrogen) atoms. The summed E-state index contributed by atoms with van der Waals surface area (Å²) in [4.78, 5) is 0.323. The molecule has 0 spiro atoms. The molecule has 2 aromatic rings. The van der Waals surface area contributed by atoms with Gasteiger partial charge < -0.3 is 0 Å². The average molecular weight is 478 g/mol. The average Bonchev–Trinajstić information content (AvgIpc) is 2.73. The molecular weight excluding hydrogens is 442 g/mol. The Morgan fingerprint density at radius 2 is 1.41 bits per heavy atom. The van der Waals surface area contributed by atoms with Crippen molar-refractivity contribution < 1.29 is 16.8 Å². The van der Waals surface area contributed by atoms with Gasteiger partial charge in [-0.25, -0.2) is 21.6 Å². The zero-order valence-corrected chi connectivity index (χ0v) is 20.9. The molecule has 0 atom stereocenters. The van der Waals surface area contributed by atoms with Gasteiger partial charge in [-0.15, -0.1) is 0 Å². The van der Waals surface area contributed by atoms with Crippen LogP contribution in [0.2, 0.25) is 0 Å². The summed E-state index contributed by atoms with van der Waals surface area (Å²) >= 11 is 0. The largest absolute Gasteiger partial charge is 0.240 e. The Morgan fingerprint density at radius 1 is 0.812 bits per heavy atom. The van der Waals surface area contributed by atoms with E-state index in [1.54, 1.807) is 39.0 Å². The van der Waals surface area contributed by atoms with Gasteiger partial charge in [0.2, 0.25) is 10.0 Å². The third kappa shape index (κ3) is 6.65. The Hall–Kier alpha value is -1.70. The number of sulfone groups is 1. The lowest BCUT2D eigenvalue weighted by Crippen LogP contribution is -2.36. The molecule has 176 valence electrons. The zero-order chi connectivity index (χ0) is 23.4. The van der Waals surface area contributed by atoms with Crippen molar-refractivity contribution >= 4 is 19.9 Å². The number of sulfonamides is 1. The molecule has 0 heterocycles. The van der Waals surface area contributed by atoms with Crippen LogP contribution in [0.3, 0.4) is 0 Å². The molecule has 0 unspecified atom stereocenters. The topological polar surface area (TPSA) is 80.3 Å². The summed E-state index contributed by atoms with van der Waals surface area (Å²) in [5, 5.41) is 0. The third-order valence-corrected chi connectivity index (χ3v) is 10.2. The van der Waals surface area contributed by atoms with E-state index in [0.29, 0.717) is 11.3 Å². The van der Waals surface area contributed by atoms with Crippen LogP contribution in [0.5, 0.6) is 0 Å². The normalized spacial score (nSPS) is 16.2. The first-order valence-corrected chi connectivity index (χ1v) is 14.5. The molecule has 5 nitrogen and oxygen atoms in total. The molecule has 1 N–H and O–H groups in total. The van der Waals surface area contributed by atoms with Crippen LogP contribution in [0.4, 0.5) is 0 Å². The maximum Gasteiger partial charge on any atom is 0.240 e. The van der Waals surface area contributed by atoms with Gasteiger partial charge in [0.25, 0.3) is 0 Å². The van der Waals surface area contributed by atoms with Crippen LogP contribution in [0.25, 0.3) is 0 Å². The second kappa shape index (κ2) is 10.1. The van der Waals surface area contributed by atoms with E-state index in [4.69, 9.17) is 0 Å². The standard InChI is InChI=1S/C25H35NO4S2/c1-25(2,3)31(27,28)19-22-16-13-20(14-17-22)12-15-21-8-7-11-24(18-21)32(29,30)26-23-9-5-4-6-10-23/h7-8,11,13-14,16-18,23,26H,4-6,9-10,12,15,19H2,1-3H3. The van der Waals surface area contributed by atoms with E-state index in [-0.39, 0.29) is 11.8 Å². The van der Waals surface area contributed by atoms with Gasteiger partial charge in [0.15, 0.2) is 9.84 Å². The maximum atomic E-state index is 12.8. The van der Waals surface area contributed by atoms with Gasteiger partial charge in [-0.1, -0.05) is 55.7 Å². The summed E-state index contributed by atoms with van der Waals surface area (Å²) in [6.45, 7) is 5.15. The van der Waals surface area contributed by atoms with E-state index < -0.39 is 24.6 Å². The molecule has 0 aliphatic heterocycles. The minimum atomic E-state index is -3.51. The predicted molar refractivity (Wildman–Crippen MR) is 130 cm³/mol. The zero-order valence-electron chi connectivity index (χ0n) is 19.3. The molecule has 1 aliphatic rings. The Kier molecular flexibility index (Phi) is 7.84. The van der Waals surface area contributed by atoms with Gasteiger partial charge in [0.1, 0.15) is 0 Å². The van der Waals surface area contributed by atoms with Crippen LogP contribution < -0.4 is 4.72 Å². The summed E-state index contributed by atoms with van der Waals surface area (Å²) in [6, 6.07) is 14.8. The van der Waals surface area contributed by atoms with Crippen molar-refractivity contribution in [1.82, 2.24) is 4.72 Å². The lowest BCUT2D eigenvalue weighted by Gasteiger charge is -2.22. The Bertz CT molecular complexity index is 1110. The summed E-state index contributed by atoms with van der Waals surface area (Å²) in [5.41, 5.74) is 2.84. The summed E-state index contributed by atoms with van der Waals surface area (Å²) < 4.78 is 52.5.